The van der Waals surface area contributed by atoms with E-state index in [2.05, 4.69) is 5.10 Å². The summed E-state index contributed by atoms with van der Waals surface area (Å²) in [7, 11) is 1.86. The molecule has 3 atom stereocenters. The molecular weight excluding hydrogens is 431 g/mol. The number of hydrogen-bond donors (Lipinski definition) is 0. The summed E-state index contributed by atoms with van der Waals surface area (Å²) in [4.78, 5) is 15.5. The molecule has 1 saturated carbocycles. The predicted molar refractivity (Wildman–Crippen MR) is 117 cm³/mol. The van der Waals surface area contributed by atoms with Crippen LogP contribution in [0.5, 0.6) is 5.75 Å². The third-order valence-electron chi connectivity index (χ3n) is 6.69. The first-order valence-electron chi connectivity index (χ1n) is 10.9. The number of fused-ring (bicyclic) bond motifs is 2. The number of alkyl halides is 3. The molecule has 8 heteroatoms. The predicted octanol–water partition coefficient (Wildman–Crippen LogP) is 5.10. The van der Waals surface area contributed by atoms with E-state index in [1.165, 1.54) is 12.1 Å². The van der Waals surface area contributed by atoms with Gasteiger partial charge in [-0.3, -0.25) is 9.48 Å². The summed E-state index contributed by atoms with van der Waals surface area (Å²) in [5.74, 6) is 0.655. The average molecular weight is 455 g/mol. The van der Waals surface area contributed by atoms with Crippen LogP contribution < -0.4 is 4.74 Å². The maximum absolute atomic E-state index is 13.6. The second-order valence-corrected chi connectivity index (χ2v) is 8.89. The highest BCUT2D eigenvalue weighted by Crippen LogP contribution is 2.41. The van der Waals surface area contributed by atoms with Crippen LogP contribution in [-0.4, -0.2) is 39.3 Å². The van der Waals surface area contributed by atoms with E-state index in [0.29, 0.717) is 23.8 Å². The van der Waals surface area contributed by atoms with Crippen molar-refractivity contribution in [2.45, 2.75) is 38.1 Å². The number of nitrogens with zero attached hydrogens (tertiary/aromatic N) is 3. The summed E-state index contributed by atoms with van der Waals surface area (Å²) in [5.41, 5.74) is 2.64. The molecular formula is C25H24F3N3O2. The summed E-state index contributed by atoms with van der Waals surface area (Å²) < 4.78 is 46.4. The standard InChI is InChI=1S/C25H24F3N3O2/c1-15-13-29-30(2)23(15)19-5-3-4-6-20(19)24(32)31-14-16-11-21(31)22(12-16)33-18-9-7-17(8-10-18)25(26,27)28/h3-10,13,16,21-22H,11-12,14H2,1-2H3. The largest absolute Gasteiger partial charge is 0.488 e. The number of aryl methyl sites for hydroxylation is 2. The summed E-state index contributed by atoms with van der Waals surface area (Å²) >= 11 is 0. The van der Waals surface area contributed by atoms with Gasteiger partial charge in [0.05, 0.1) is 23.5 Å². The van der Waals surface area contributed by atoms with Gasteiger partial charge in [-0.05, 0) is 61.6 Å². The van der Waals surface area contributed by atoms with Gasteiger partial charge in [0.25, 0.3) is 5.91 Å². The van der Waals surface area contributed by atoms with Gasteiger partial charge in [0.2, 0.25) is 0 Å². The molecule has 2 bridgehead atoms. The Morgan fingerprint density at radius 3 is 2.45 bits per heavy atom. The number of benzene rings is 2. The molecule has 3 aromatic rings. The molecule has 1 amide bonds. The van der Waals surface area contributed by atoms with Gasteiger partial charge in [-0.25, -0.2) is 0 Å². The molecule has 0 N–H and O–H groups in total. The molecule has 3 unspecified atom stereocenters. The molecule has 0 spiro atoms. The minimum Gasteiger partial charge on any atom is -0.488 e. The Morgan fingerprint density at radius 2 is 1.82 bits per heavy atom. The number of carbonyl (C=O) groups excluding carboxylic acids is 1. The number of piperidine rings is 1. The molecule has 0 radical (unpaired) electrons. The number of likely N-dealkylation sites (tertiary alicyclic amines) is 1. The van der Waals surface area contributed by atoms with Gasteiger partial charge in [0.1, 0.15) is 11.9 Å². The normalized spacial score (nSPS) is 22.1. The first-order valence-corrected chi connectivity index (χ1v) is 10.9. The zero-order chi connectivity index (χ0) is 23.3. The maximum atomic E-state index is 13.6. The van der Waals surface area contributed by atoms with Crippen LogP contribution in [0.15, 0.2) is 54.7 Å². The van der Waals surface area contributed by atoms with E-state index in [9.17, 15) is 18.0 Å². The number of halogens is 3. The van der Waals surface area contributed by atoms with Gasteiger partial charge in [0.15, 0.2) is 0 Å². The fraction of sp³-hybridized carbons (Fsp3) is 0.360. The van der Waals surface area contributed by atoms with Crippen molar-refractivity contribution < 1.29 is 22.7 Å². The van der Waals surface area contributed by atoms with E-state index in [-0.39, 0.29) is 18.1 Å². The Kier molecular flexibility index (Phi) is 5.18. The third kappa shape index (κ3) is 3.87. The summed E-state index contributed by atoms with van der Waals surface area (Å²) in [6, 6.07) is 12.2. The van der Waals surface area contributed by atoms with Crippen molar-refractivity contribution in [3.63, 3.8) is 0 Å². The number of hydrogen-bond acceptors (Lipinski definition) is 3. The highest BCUT2D eigenvalue weighted by Gasteiger charge is 2.48. The third-order valence-corrected chi connectivity index (χ3v) is 6.69. The Morgan fingerprint density at radius 1 is 1.09 bits per heavy atom. The average Bonchev–Trinajstić information content (AvgIpc) is 3.47. The second-order valence-electron chi connectivity index (χ2n) is 8.89. The van der Waals surface area contributed by atoms with E-state index in [4.69, 9.17) is 4.74 Å². The lowest BCUT2D eigenvalue weighted by Gasteiger charge is -2.34. The van der Waals surface area contributed by atoms with Crippen LogP contribution >= 0.6 is 0 Å². The van der Waals surface area contributed by atoms with Crippen LogP contribution in [0.1, 0.15) is 34.3 Å². The zero-order valence-electron chi connectivity index (χ0n) is 18.3. The van der Waals surface area contributed by atoms with E-state index < -0.39 is 11.7 Å². The molecule has 1 aliphatic carbocycles. The van der Waals surface area contributed by atoms with Crippen LogP contribution in [0.25, 0.3) is 11.3 Å². The number of rotatable bonds is 4. The number of amides is 1. The lowest BCUT2D eigenvalue weighted by molar-refractivity contribution is -0.137. The van der Waals surface area contributed by atoms with Crippen molar-refractivity contribution in [2.75, 3.05) is 6.54 Å². The minimum atomic E-state index is -4.38. The molecule has 33 heavy (non-hydrogen) atoms. The molecule has 172 valence electrons. The molecule has 5 nitrogen and oxygen atoms in total. The number of aromatic nitrogens is 2. The van der Waals surface area contributed by atoms with Gasteiger partial charge in [0, 0.05) is 24.7 Å². The maximum Gasteiger partial charge on any atom is 0.416 e. The lowest BCUT2D eigenvalue weighted by Crippen LogP contribution is -2.47. The quantitative estimate of drug-likeness (QED) is 0.550. The van der Waals surface area contributed by atoms with Crippen molar-refractivity contribution >= 4 is 5.91 Å². The molecule has 2 heterocycles. The number of carbonyl (C=O) groups is 1. The SMILES string of the molecule is Cc1cnn(C)c1-c1ccccc1C(=O)N1CC2CC(Oc3ccc(C(F)(F)F)cc3)C1C2. The molecule has 1 aliphatic heterocycles. The molecule has 1 saturated heterocycles. The van der Waals surface area contributed by atoms with E-state index in [0.717, 1.165) is 41.8 Å². The van der Waals surface area contributed by atoms with Crippen molar-refractivity contribution in [3.8, 4) is 17.0 Å². The van der Waals surface area contributed by atoms with Crippen molar-refractivity contribution in [2.24, 2.45) is 13.0 Å². The first-order chi connectivity index (χ1) is 15.7. The van der Waals surface area contributed by atoms with Crippen LogP contribution in [-0.2, 0) is 13.2 Å². The summed E-state index contributed by atoms with van der Waals surface area (Å²) in [6.45, 7) is 2.63. The highest BCUT2D eigenvalue weighted by molar-refractivity contribution is 6.01. The van der Waals surface area contributed by atoms with Crippen molar-refractivity contribution in [3.05, 3.63) is 71.4 Å². The van der Waals surface area contributed by atoms with Crippen LogP contribution in [0.2, 0.25) is 0 Å². The Hall–Kier alpha value is -3.29. The van der Waals surface area contributed by atoms with Crippen molar-refractivity contribution in [1.29, 1.82) is 0 Å². The van der Waals surface area contributed by atoms with Crippen LogP contribution in [0.3, 0.4) is 0 Å². The van der Waals surface area contributed by atoms with Gasteiger partial charge >= 0.3 is 6.18 Å². The highest BCUT2D eigenvalue weighted by atomic mass is 19.4. The van der Waals surface area contributed by atoms with Gasteiger partial charge in [-0.2, -0.15) is 18.3 Å². The lowest BCUT2D eigenvalue weighted by atomic mass is 9.99. The fourth-order valence-electron chi connectivity index (χ4n) is 5.19. The van der Waals surface area contributed by atoms with Gasteiger partial charge in [-0.1, -0.05) is 18.2 Å². The Balaban J connectivity index is 1.37. The minimum absolute atomic E-state index is 0.0561. The smallest absolute Gasteiger partial charge is 0.416 e. The summed E-state index contributed by atoms with van der Waals surface area (Å²) in [5, 5.41) is 4.31. The molecule has 2 fully saturated rings. The first kappa shape index (κ1) is 21.6. The van der Waals surface area contributed by atoms with Gasteiger partial charge < -0.3 is 9.64 Å². The monoisotopic (exact) mass is 455 g/mol. The van der Waals surface area contributed by atoms with Gasteiger partial charge in [-0.15, -0.1) is 0 Å². The zero-order valence-corrected chi connectivity index (χ0v) is 18.3. The van der Waals surface area contributed by atoms with E-state index >= 15 is 0 Å². The van der Waals surface area contributed by atoms with Crippen LogP contribution in [0, 0.1) is 12.8 Å². The van der Waals surface area contributed by atoms with Crippen molar-refractivity contribution in [1.82, 2.24) is 14.7 Å². The van der Waals surface area contributed by atoms with E-state index in [1.54, 1.807) is 10.9 Å². The number of ether oxygens (including phenoxy) is 1. The molecule has 2 aromatic carbocycles. The molecule has 2 aliphatic rings. The molecule has 5 rings (SSSR count). The second kappa shape index (κ2) is 7.93. The van der Waals surface area contributed by atoms with Crippen LogP contribution in [0.4, 0.5) is 13.2 Å². The Bertz CT molecular complexity index is 1170. The Labute approximate surface area is 189 Å². The topological polar surface area (TPSA) is 47.4 Å². The van der Waals surface area contributed by atoms with E-state index in [1.807, 2.05) is 43.1 Å². The molecule has 1 aromatic heterocycles. The summed E-state index contributed by atoms with van der Waals surface area (Å²) in [6.07, 6.45) is -1.21. The fourth-order valence-corrected chi connectivity index (χ4v) is 5.19.